The number of amides is 2. The molecule has 1 aromatic carbocycles. The van der Waals surface area contributed by atoms with Crippen LogP contribution in [0.3, 0.4) is 0 Å². The second-order valence-electron chi connectivity index (χ2n) is 6.02. The molecule has 0 bridgehead atoms. The van der Waals surface area contributed by atoms with Gasteiger partial charge in [0.2, 0.25) is 5.91 Å². The van der Waals surface area contributed by atoms with Gasteiger partial charge in [-0.15, -0.1) is 0 Å². The summed E-state index contributed by atoms with van der Waals surface area (Å²) < 4.78 is 0. The lowest BCUT2D eigenvalue weighted by molar-refractivity contribution is -0.119. The van der Waals surface area contributed by atoms with Gasteiger partial charge in [-0.2, -0.15) is 0 Å². The van der Waals surface area contributed by atoms with Crippen LogP contribution in [0.1, 0.15) is 30.1 Å². The highest BCUT2D eigenvalue weighted by molar-refractivity contribution is 6.34. The number of carbonyl (C=O) groups excluding carboxylic acids is 2. The van der Waals surface area contributed by atoms with Crippen LogP contribution in [0.5, 0.6) is 0 Å². The van der Waals surface area contributed by atoms with Crippen molar-refractivity contribution in [1.82, 2.24) is 10.2 Å². The third kappa shape index (κ3) is 3.99. The van der Waals surface area contributed by atoms with Crippen molar-refractivity contribution in [2.75, 3.05) is 26.0 Å². The maximum atomic E-state index is 12.3. The normalized spacial score (nSPS) is 21.3. The minimum atomic E-state index is -0.189. The molecule has 1 heterocycles. The Labute approximate surface area is 136 Å². The Hall–Kier alpha value is -1.59. The molecule has 1 fully saturated rings. The summed E-state index contributed by atoms with van der Waals surface area (Å²) in [5.41, 5.74) is 0.967. The largest absolute Gasteiger partial charge is 0.345 e. The molecule has 22 heavy (non-hydrogen) atoms. The van der Waals surface area contributed by atoms with E-state index in [-0.39, 0.29) is 17.9 Å². The molecule has 1 aliphatic rings. The van der Waals surface area contributed by atoms with E-state index in [9.17, 15) is 9.59 Å². The van der Waals surface area contributed by atoms with Crippen LogP contribution in [0.25, 0.3) is 0 Å². The van der Waals surface area contributed by atoms with Crippen LogP contribution in [-0.2, 0) is 4.79 Å². The molecule has 0 aromatic heterocycles. The Balaban J connectivity index is 2.11. The molecule has 5 nitrogen and oxygen atoms in total. The number of rotatable bonds is 3. The Bertz CT molecular complexity index is 575. The van der Waals surface area contributed by atoms with Crippen molar-refractivity contribution in [2.24, 2.45) is 5.92 Å². The number of benzene rings is 1. The predicted molar refractivity (Wildman–Crippen MR) is 88.3 cm³/mol. The third-order valence-corrected chi connectivity index (χ3v) is 4.18. The minimum absolute atomic E-state index is 0.0721. The van der Waals surface area contributed by atoms with Crippen molar-refractivity contribution in [3.63, 3.8) is 0 Å². The molecule has 0 spiro atoms. The van der Waals surface area contributed by atoms with Gasteiger partial charge < -0.3 is 15.5 Å². The Morgan fingerprint density at radius 1 is 1.36 bits per heavy atom. The van der Waals surface area contributed by atoms with Crippen molar-refractivity contribution in [3.8, 4) is 0 Å². The molecule has 0 radical (unpaired) electrons. The van der Waals surface area contributed by atoms with E-state index in [0.29, 0.717) is 22.2 Å². The van der Waals surface area contributed by atoms with Crippen LogP contribution in [0.2, 0.25) is 5.02 Å². The molecule has 1 saturated heterocycles. The van der Waals surface area contributed by atoms with Crippen LogP contribution in [0.4, 0.5) is 5.69 Å². The topological polar surface area (TPSA) is 61.4 Å². The fraction of sp³-hybridized carbons (Fsp3) is 0.500. The minimum Gasteiger partial charge on any atom is -0.345 e. The molecular weight excluding hydrogens is 302 g/mol. The average Bonchev–Trinajstić information content (AvgIpc) is 2.48. The SMILES string of the molecule is CC1CCNC(C(=O)Nc2ccc(Cl)c(C(=O)N(C)C)c2)C1. The van der Waals surface area contributed by atoms with Gasteiger partial charge in [0.15, 0.2) is 0 Å². The standard InChI is InChI=1S/C16H22ClN3O2/c1-10-6-7-18-14(8-10)15(21)19-11-4-5-13(17)12(9-11)16(22)20(2)3/h4-5,9-10,14,18H,6-8H2,1-3H3,(H,19,21). The number of piperidine rings is 1. The summed E-state index contributed by atoms with van der Waals surface area (Å²) in [5.74, 6) is 0.274. The summed E-state index contributed by atoms with van der Waals surface area (Å²) >= 11 is 6.07. The lowest BCUT2D eigenvalue weighted by Crippen LogP contribution is -2.45. The summed E-state index contributed by atoms with van der Waals surface area (Å²) in [6, 6.07) is 4.77. The van der Waals surface area contributed by atoms with Gasteiger partial charge in [0.25, 0.3) is 5.91 Å². The maximum absolute atomic E-state index is 12.3. The Morgan fingerprint density at radius 2 is 2.09 bits per heavy atom. The van der Waals surface area contributed by atoms with E-state index in [2.05, 4.69) is 17.6 Å². The van der Waals surface area contributed by atoms with Crippen molar-refractivity contribution < 1.29 is 9.59 Å². The van der Waals surface area contributed by atoms with Gasteiger partial charge in [0, 0.05) is 19.8 Å². The van der Waals surface area contributed by atoms with Gasteiger partial charge in [-0.3, -0.25) is 9.59 Å². The van der Waals surface area contributed by atoms with E-state index >= 15 is 0 Å². The average molecular weight is 324 g/mol. The van der Waals surface area contributed by atoms with Crippen LogP contribution >= 0.6 is 11.6 Å². The lowest BCUT2D eigenvalue weighted by Gasteiger charge is -2.27. The van der Waals surface area contributed by atoms with Crippen LogP contribution in [0, 0.1) is 5.92 Å². The van der Waals surface area contributed by atoms with Crippen LogP contribution in [-0.4, -0.2) is 43.4 Å². The number of halogens is 1. The number of nitrogens with one attached hydrogen (secondary N) is 2. The van der Waals surface area contributed by atoms with E-state index in [0.717, 1.165) is 19.4 Å². The highest BCUT2D eigenvalue weighted by atomic mass is 35.5. The van der Waals surface area contributed by atoms with Gasteiger partial charge >= 0.3 is 0 Å². The van der Waals surface area contributed by atoms with Gasteiger partial charge in [-0.1, -0.05) is 18.5 Å². The van der Waals surface area contributed by atoms with Crippen LogP contribution < -0.4 is 10.6 Å². The Kier molecular flexibility index (Phi) is 5.42. The molecule has 2 amide bonds. The first-order valence-electron chi connectivity index (χ1n) is 7.44. The van der Waals surface area contributed by atoms with Crippen LogP contribution in [0.15, 0.2) is 18.2 Å². The first kappa shape index (κ1) is 16.8. The maximum Gasteiger partial charge on any atom is 0.254 e. The molecular formula is C16H22ClN3O2. The van der Waals surface area contributed by atoms with Crippen molar-refractivity contribution in [2.45, 2.75) is 25.8 Å². The Morgan fingerprint density at radius 3 is 2.73 bits per heavy atom. The number of carbonyl (C=O) groups is 2. The fourth-order valence-electron chi connectivity index (χ4n) is 2.54. The van der Waals surface area contributed by atoms with E-state index in [4.69, 9.17) is 11.6 Å². The predicted octanol–water partition coefficient (Wildman–Crippen LogP) is 2.37. The smallest absolute Gasteiger partial charge is 0.254 e. The molecule has 1 aromatic rings. The summed E-state index contributed by atoms with van der Waals surface area (Å²) in [4.78, 5) is 25.8. The fourth-order valence-corrected chi connectivity index (χ4v) is 2.74. The monoisotopic (exact) mass is 323 g/mol. The molecule has 0 saturated carbocycles. The number of anilines is 1. The summed E-state index contributed by atoms with van der Waals surface area (Å²) in [6.45, 7) is 3.00. The number of hydrogen-bond donors (Lipinski definition) is 2. The molecule has 2 atom stereocenters. The molecule has 1 aliphatic heterocycles. The molecule has 6 heteroatoms. The zero-order valence-electron chi connectivity index (χ0n) is 13.1. The van der Waals surface area contributed by atoms with Gasteiger partial charge in [-0.05, 0) is 43.5 Å². The lowest BCUT2D eigenvalue weighted by atomic mass is 9.94. The van der Waals surface area contributed by atoms with Gasteiger partial charge in [0.05, 0.1) is 16.6 Å². The van der Waals surface area contributed by atoms with Crippen molar-refractivity contribution in [1.29, 1.82) is 0 Å². The summed E-state index contributed by atoms with van der Waals surface area (Å²) in [6.07, 6.45) is 1.91. The van der Waals surface area contributed by atoms with E-state index < -0.39 is 0 Å². The zero-order valence-corrected chi connectivity index (χ0v) is 13.9. The quantitative estimate of drug-likeness (QED) is 0.897. The van der Waals surface area contributed by atoms with E-state index in [1.54, 1.807) is 32.3 Å². The second-order valence-corrected chi connectivity index (χ2v) is 6.43. The summed E-state index contributed by atoms with van der Waals surface area (Å²) in [5, 5.41) is 6.46. The first-order valence-corrected chi connectivity index (χ1v) is 7.81. The molecule has 2 N–H and O–H groups in total. The van der Waals surface area contributed by atoms with Gasteiger partial charge in [0.1, 0.15) is 0 Å². The number of hydrogen-bond acceptors (Lipinski definition) is 3. The van der Waals surface area contributed by atoms with Crippen molar-refractivity contribution >= 4 is 29.1 Å². The molecule has 0 aliphatic carbocycles. The molecule has 2 rings (SSSR count). The van der Waals surface area contributed by atoms with E-state index in [1.807, 2.05) is 0 Å². The first-order chi connectivity index (χ1) is 10.4. The highest BCUT2D eigenvalue weighted by Gasteiger charge is 2.24. The molecule has 120 valence electrons. The second kappa shape index (κ2) is 7.11. The van der Waals surface area contributed by atoms with Gasteiger partial charge in [-0.25, -0.2) is 0 Å². The highest BCUT2D eigenvalue weighted by Crippen LogP contribution is 2.23. The third-order valence-electron chi connectivity index (χ3n) is 3.85. The summed E-state index contributed by atoms with van der Waals surface area (Å²) in [7, 11) is 3.33. The van der Waals surface area contributed by atoms with Crippen molar-refractivity contribution in [3.05, 3.63) is 28.8 Å². The number of nitrogens with zero attached hydrogens (tertiary/aromatic N) is 1. The van der Waals surface area contributed by atoms with E-state index in [1.165, 1.54) is 4.90 Å². The zero-order chi connectivity index (χ0) is 16.3. The molecule has 2 unspecified atom stereocenters.